The van der Waals surface area contributed by atoms with Gasteiger partial charge in [0.1, 0.15) is 11.9 Å². The zero-order chi connectivity index (χ0) is 23.8. The number of ketones is 1. The van der Waals surface area contributed by atoms with Gasteiger partial charge in [-0.05, 0) is 36.8 Å². The van der Waals surface area contributed by atoms with Crippen molar-refractivity contribution in [1.82, 2.24) is 4.31 Å². The van der Waals surface area contributed by atoms with Crippen LogP contribution in [0.1, 0.15) is 27.4 Å². The Morgan fingerprint density at radius 1 is 1.00 bits per heavy atom. The predicted molar refractivity (Wildman–Crippen MR) is 126 cm³/mol. The number of hydrogen-bond acceptors (Lipinski definition) is 5. The number of nitriles is 1. The fourth-order valence-corrected chi connectivity index (χ4v) is 5.71. The average Bonchev–Trinajstić information content (AvgIpc) is 3.12. The number of rotatable bonds is 5. The first kappa shape index (κ1) is 22.6. The van der Waals surface area contributed by atoms with Crippen LogP contribution < -0.4 is 5.73 Å². The van der Waals surface area contributed by atoms with Gasteiger partial charge in [-0.1, -0.05) is 71.8 Å². The van der Waals surface area contributed by atoms with Gasteiger partial charge >= 0.3 is 0 Å². The van der Waals surface area contributed by atoms with E-state index < -0.39 is 27.8 Å². The van der Waals surface area contributed by atoms with E-state index in [1.807, 2.05) is 19.1 Å². The number of nitrogens with zero attached hydrogens (tertiary/aromatic N) is 2. The fourth-order valence-electron chi connectivity index (χ4n) is 4.00. The van der Waals surface area contributed by atoms with E-state index in [0.29, 0.717) is 16.1 Å². The van der Waals surface area contributed by atoms with Gasteiger partial charge in [0.25, 0.3) is 10.0 Å². The quantitative estimate of drug-likeness (QED) is 0.549. The average molecular weight is 478 g/mol. The molecular formula is C25H20ClN3O3S. The molecule has 8 heteroatoms. The molecule has 0 radical (unpaired) electrons. The summed E-state index contributed by atoms with van der Waals surface area (Å²) in [7, 11) is -4.28. The van der Waals surface area contributed by atoms with Crippen molar-refractivity contribution in [3.8, 4) is 6.07 Å². The van der Waals surface area contributed by atoms with Gasteiger partial charge in [-0.15, -0.1) is 0 Å². The Labute approximate surface area is 197 Å². The van der Waals surface area contributed by atoms with E-state index in [-0.39, 0.29) is 16.3 Å². The third-order valence-electron chi connectivity index (χ3n) is 5.65. The summed E-state index contributed by atoms with van der Waals surface area (Å²) in [6.45, 7) is 1.91. The normalized spacial score (nSPS) is 18.3. The van der Waals surface area contributed by atoms with Crippen LogP contribution in [0.4, 0.5) is 0 Å². The smallest absolute Gasteiger partial charge is 0.266 e. The summed E-state index contributed by atoms with van der Waals surface area (Å²) in [5.74, 6) is -1.57. The van der Waals surface area contributed by atoms with Crippen LogP contribution >= 0.6 is 11.6 Å². The molecular weight excluding hydrogens is 458 g/mol. The molecule has 0 aromatic heterocycles. The Kier molecular flexibility index (Phi) is 5.98. The number of carbonyl (C=O) groups excluding carboxylic acids is 1. The number of nitrogens with two attached hydrogens (primary N) is 1. The summed E-state index contributed by atoms with van der Waals surface area (Å²) < 4.78 is 28.3. The molecule has 0 bridgehead atoms. The Balaban J connectivity index is 1.94. The van der Waals surface area contributed by atoms with Crippen molar-refractivity contribution in [2.24, 2.45) is 5.73 Å². The Morgan fingerprint density at radius 3 is 2.18 bits per heavy atom. The molecule has 3 aromatic carbocycles. The van der Waals surface area contributed by atoms with Gasteiger partial charge in [-0.2, -0.15) is 5.26 Å². The van der Waals surface area contributed by atoms with Crippen LogP contribution in [-0.4, -0.2) is 24.5 Å². The topological polar surface area (TPSA) is 104 Å². The first-order valence-electron chi connectivity index (χ1n) is 10.1. The lowest BCUT2D eigenvalue weighted by Crippen LogP contribution is -2.45. The fraction of sp³-hybridized carbons (Fsp3) is 0.120. The highest BCUT2D eigenvalue weighted by atomic mass is 35.5. The highest BCUT2D eigenvalue weighted by molar-refractivity contribution is 7.89. The Morgan fingerprint density at radius 2 is 1.61 bits per heavy atom. The van der Waals surface area contributed by atoms with Crippen molar-refractivity contribution >= 4 is 27.4 Å². The number of benzene rings is 3. The van der Waals surface area contributed by atoms with E-state index in [2.05, 4.69) is 6.07 Å². The molecule has 3 aromatic rings. The lowest BCUT2D eigenvalue weighted by atomic mass is 9.84. The number of hydrogen-bond donors (Lipinski definition) is 1. The van der Waals surface area contributed by atoms with E-state index in [4.69, 9.17) is 17.3 Å². The molecule has 0 aliphatic carbocycles. The van der Waals surface area contributed by atoms with Crippen molar-refractivity contribution in [2.45, 2.75) is 23.8 Å². The Bertz CT molecular complexity index is 1380. The third kappa shape index (κ3) is 3.99. The first-order valence-corrected chi connectivity index (χ1v) is 11.9. The molecule has 4 rings (SSSR count). The SMILES string of the molecule is Cc1ccc(C2C(C#N)=C(N)N(S(=O)(=O)c3ccc(Cl)cc3)C2C(=O)c2ccccc2)cc1. The van der Waals surface area contributed by atoms with E-state index in [1.165, 1.54) is 24.3 Å². The predicted octanol–water partition coefficient (Wildman–Crippen LogP) is 4.38. The first-order chi connectivity index (χ1) is 15.8. The molecule has 0 amide bonds. The molecule has 1 heterocycles. The van der Waals surface area contributed by atoms with E-state index in [1.54, 1.807) is 42.5 Å². The summed E-state index contributed by atoms with van der Waals surface area (Å²) >= 11 is 5.93. The van der Waals surface area contributed by atoms with Gasteiger partial charge in [0, 0.05) is 10.6 Å². The lowest BCUT2D eigenvalue weighted by molar-refractivity contribution is 0.0910. The molecule has 0 fully saturated rings. The van der Waals surface area contributed by atoms with Crippen molar-refractivity contribution in [1.29, 1.82) is 5.26 Å². The minimum absolute atomic E-state index is 0.0330. The molecule has 2 unspecified atom stereocenters. The highest BCUT2D eigenvalue weighted by Crippen LogP contribution is 2.43. The maximum absolute atomic E-state index is 13.7. The second-order valence-electron chi connectivity index (χ2n) is 7.73. The molecule has 6 nitrogen and oxygen atoms in total. The highest BCUT2D eigenvalue weighted by Gasteiger charge is 2.50. The largest absolute Gasteiger partial charge is 0.384 e. The lowest BCUT2D eigenvalue weighted by Gasteiger charge is -2.29. The van der Waals surface area contributed by atoms with E-state index in [9.17, 15) is 18.5 Å². The summed E-state index contributed by atoms with van der Waals surface area (Å²) in [6, 6.07) is 22.0. The number of aryl methyl sites for hydroxylation is 1. The summed E-state index contributed by atoms with van der Waals surface area (Å²) in [5.41, 5.74) is 8.25. The zero-order valence-corrected chi connectivity index (χ0v) is 19.2. The second-order valence-corrected chi connectivity index (χ2v) is 9.98. The summed E-state index contributed by atoms with van der Waals surface area (Å²) in [6.07, 6.45) is 0. The molecule has 2 atom stereocenters. The van der Waals surface area contributed by atoms with Crippen LogP contribution in [0.15, 0.2) is 95.2 Å². The van der Waals surface area contributed by atoms with Gasteiger partial charge in [-0.3, -0.25) is 4.79 Å². The second kappa shape index (κ2) is 8.74. The van der Waals surface area contributed by atoms with Crippen LogP contribution in [0.3, 0.4) is 0 Å². The molecule has 1 aliphatic heterocycles. The van der Waals surface area contributed by atoms with Gasteiger partial charge in [0.2, 0.25) is 0 Å². The van der Waals surface area contributed by atoms with Gasteiger partial charge in [0.05, 0.1) is 22.5 Å². The minimum atomic E-state index is -4.28. The van der Waals surface area contributed by atoms with Crippen LogP contribution in [0.25, 0.3) is 0 Å². The van der Waals surface area contributed by atoms with Gasteiger partial charge in [0.15, 0.2) is 5.78 Å². The van der Waals surface area contributed by atoms with Gasteiger partial charge < -0.3 is 5.73 Å². The third-order valence-corrected chi connectivity index (χ3v) is 7.71. The molecule has 166 valence electrons. The van der Waals surface area contributed by atoms with E-state index >= 15 is 0 Å². The van der Waals surface area contributed by atoms with Gasteiger partial charge in [-0.25, -0.2) is 12.7 Å². The number of carbonyl (C=O) groups is 1. The number of halogens is 1. The molecule has 33 heavy (non-hydrogen) atoms. The van der Waals surface area contributed by atoms with Crippen LogP contribution in [0, 0.1) is 18.3 Å². The van der Waals surface area contributed by atoms with Crippen molar-refractivity contribution in [2.75, 3.05) is 0 Å². The molecule has 0 saturated heterocycles. The number of sulfonamides is 1. The molecule has 0 spiro atoms. The van der Waals surface area contributed by atoms with Crippen LogP contribution in [0.5, 0.6) is 0 Å². The monoisotopic (exact) mass is 477 g/mol. The molecule has 2 N–H and O–H groups in total. The summed E-state index contributed by atoms with van der Waals surface area (Å²) in [4.78, 5) is 13.6. The van der Waals surface area contributed by atoms with Crippen LogP contribution in [0.2, 0.25) is 5.02 Å². The standard InChI is InChI=1S/C25H20ClN3O3S/c1-16-7-9-17(10-8-16)22-21(15-27)25(28)29(23(22)24(30)18-5-3-2-4-6-18)33(31,32)20-13-11-19(26)12-14-20/h2-14,22-23H,28H2,1H3. The molecule has 1 aliphatic rings. The van der Waals surface area contributed by atoms with Crippen molar-refractivity contribution in [3.63, 3.8) is 0 Å². The minimum Gasteiger partial charge on any atom is -0.384 e. The van der Waals surface area contributed by atoms with E-state index in [0.717, 1.165) is 9.87 Å². The maximum atomic E-state index is 13.7. The zero-order valence-electron chi connectivity index (χ0n) is 17.6. The Hall–Kier alpha value is -3.60. The summed E-state index contributed by atoms with van der Waals surface area (Å²) in [5, 5.41) is 10.3. The molecule has 0 saturated carbocycles. The van der Waals surface area contributed by atoms with Crippen molar-refractivity contribution < 1.29 is 13.2 Å². The maximum Gasteiger partial charge on any atom is 0.266 e. The van der Waals surface area contributed by atoms with Crippen molar-refractivity contribution in [3.05, 3.63) is 112 Å². The number of Topliss-reactive ketones (excluding diaryl/α,β-unsaturated/α-hetero) is 1. The van der Waals surface area contributed by atoms with Crippen LogP contribution in [-0.2, 0) is 10.0 Å².